The Balaban J connectivity index is 1.29. The number of rotatable bonds is 6. The van der Waals surface area contributed by atoms with E-state index in [4.69, 9.17) is 4.74 Å². The summed E-state index contributed by atoms with van der Waals surface area (Å²) in [6, 6.07) is 17.3. The number of hydrogen-bond donors (Lipinski definition) is 4. The Bertz CT molecular complexity index is 1440. The van der Waals surface area contributed by atoms with Crippen LogP contribution in [0.2, 0.25) is 0 Å². The molecule has 5 rings (SSSR count). The van der Waals surface area contributed by atoms with E-state index in [0.29, 0.717) is 11.3 Å². The lowest BCUT2D eigenvalue weighted by molar-refractivity contribution is -0.247. The van der Waals surface area contributed by atoms with E-state index in [9.17, 15) is 25.4 Å². The van der Waals surface area contributed by atoms with Gasteiger partial charge in [0.15, 0.2) is 6.29 Å². The largest absolute Gasteiger partial charge is 0.388 e. The van der Waals surface area contributed by atoms with E-state index in [1.807, 2.05) is 18.2 Å². The van der Waals surface area contributed by atoms with Gasteiger partial charge in [0.05, 0.1) is 6.10 Å². The van der Waals surface area contributed by atoms with Gasteiger partial charge >= 0.3 is 0 Å². The lowest BCUT2D eigenvalue weighted by Crippen LogP contribution is -2.63. The molecule has 2 fully saturated rings. The summed E-state index contributed by atoms with van der Waals surface area (Å²) in [4.78, 5) is 19.3. The van der Waals surface area contributed by atoms with Gasteiger partial charge in [-0.25, -0.2) is 0 Å². The number of carbonyl (C=O) groups excluding carboxylic acids is 1. The van der Waals surface area contributed by atoms with Crippen LogP contribution in [-0.2, 0) is 9.53 Å². The number of hydrogen-bond acceptors (Lipinski definition) is 9. The van der Waals surface area contributed by atoms with Gasteiger partial charge in [-0.3, -0.25) is 4.79 Å². The smallest absolute Gasteiger partial charge is 0.262 e. The lowest BCUT2D eigenvalue weighted by Gasteiger charge is -2.40. The van der Waals surface area contributed by atoms with Gasteiger partial charge in [0, 0.05) is 41.6 Å². The quantitative estimate of drug-likeness (QED) is 0.267. The van der Waals surface area contributed by atoms with Gasteiger partial charge in [0.25, 0.3) is 5.91 Å². The Morgan fingerprint density at radius 1 is 1.07 bits per heavy atom. The van der Waals surface area contributed by atoms with E-state index in [-0.39, 0.29) is 5.57 Å². The molecule has 1 unspecified atom stereocenters. The zero-order valence-electron chi connectivity index (χ0n) is 22.5. The van der Waals surface area contributed by atoms with Crippen LogP contribution in [0.1, 0.15) is 18.2 Å². The Morgan fingerprint density at radius 3 is 2.52 bits per heavy atom. The van der Waals surface area contributed by atoms with E-state index in [1.165, 1.54) is 28.5 Å². The molecule has 2 saturated heterocycles. The Kier molecular flexibility index (Phi) is 8.51. The van der Waals surface area contributed by atoms with Gasteiger partial charge in [0.1, 0.15) is 29.9 Å². The Hall–Kier alpha value is -3.30. The highest BCUT2D eigenvalue weighted by Crippen LogP contribution is 2.33. The molecule has 0 spiro atoms. The molecule has 1 amide bonds. The van der Waals surface area contributed by atoms with Crippen LogP contribution in [0, 0.1) is 11.3 Å². The van der Waals surface area contributed by atoms with Gasteiger partial charge in [-0.2, -0.15) is 5.26 Å². The predicted octanol–water partition coefficient (Wildman–Crippen LogP) is 2.56. The number of aliphatic hydroxyl groups is 3. The highest BCUT2D eigenvalue weighted by molar-refractivity contribution is 7.16. The summed E-state index contributed by atoms with van der Waals surface area (Å²) in [5.41, 5.74) is 2.09. The van der Waals surface area contributed by atoms with Crippen molar-refractivity contribution < 1.29 is 24.9 Å². The van der Waals surface area contributed by atoms with Crippen molar-refractivity contribution in [2.24, 2.45) is 0 Å². The second-order valence-corrected chi connectivity index (χ2v) is 11.5. The summed E-state index contributed by atoms with van der Waals surface area (Å²) in [5.74, 6) is -0.770. The first-order valence-corrected chi connectivity index (χ1v) is 14.3. The third-order valence-corrected chi connectivity index (χ3v) is 8.76. The van der Waals surface area contributed by atoms with Crippen LogP contribution in [-0.4, -0.2) is 90.0 Å². The third kappa shape index (κ3) is 5.90. The van der Waals surface area contributed by atoms with Crippen LogP contribution < -0.4 is 10.2 Å². The number of amides is 1. The number of likely N-dealkylation sites (N-methyl/N-ethyl adjacent to an activating group) is 1. The summed E-state index contributed by atoms with van der Waals surface area (Å²) in [5, 5.41) is 45.2. The molecule has 2 aliphatic rings. The number of thiophene rings is 1. The molecule has 10 heteroatoms. The van der Waals surface area contributed by atoms with Crippen LogP contribution >= 0.6 is 11.3 Å². The molecule has 5 atom stereocenters. The Morgan fingerprint density at radius 2 is 1.80 bits per heavy atom. The molecular weight excluding hydrogens is 528 g/mol. The lowest BCUT2D eigenvalue weighted by atomic mass is 9.95. The van der Waals surface area contributed by atoms with Crippen LogP contribution in [0.3, 0.4) is 0 Å². The van der Waals surface area contributed by atoms with Crippen molar-refractivity contribution in [3.8, 4) is 16.5 Å². The minimum absolute atomic E-state index is 0.185. The average Bonchev–Trinajstić information content (AvgIpc) is 3.44. The van der Waals surface area contributed by atoms with E-state index in [2.05, 4.69) is 58.6 Å². The molecule has 1 aromatic heterocycles. The minimum Gasteiger partial charge on any atom is -0.388 e. The third-order valence-electron chi connectivity index (χ3n) is 7.68. The standard InChI is InChI=1S/C30H34N4O5S/c1-3-24-27(35)28(36)26(30(38)39-24)32-29(37)21(17-31)16-23-8-9-25(40-23)20-5-4-19-15-22(7-6-18(19)14-20)34-12-10-33(2)11-13-34/h4-9,14-16,24,26-28,30,35-36,38H,3,10-13H2,1-2H3,(H,32,37)/b21-16+/t24-,26-,27-,28-,30?/m1/s1. The van der Waals surface area contributed by atoms with Gasteiger partial charge in [-0.1, -0.05) is 25.1 Å². The molecule has 0 radical (unpaired) electrons. The average molecular weight is 563 g/mol. The number of nitrogens with one attached hydrogen (secondary N) is 1. The van der Waals surface area contributed by atoms with Gasteiger partial charge in [0.2, 0.25) is 0 Å². The van der Waals surface area contributed by atoms with Crippen LogP contribution in [0.25, 0.3) is 27.3 Å². The van der Waals surface area contributed by atoms with Gasteiger partial charge in [-0.15, -0.1) is 11.3 Å². The minimum atomic E-state index is -1.51. The molecule has 2 aromatic carbocycles. The molecule has 210 valence electrons. The summed E-state index contributed by atoms with van der Waals surface area (Å²) in [7, 11) is 2.15. The molecule has 3 heterocycles. The number of piperazine rings is 1. The maximum Gasteiger partial charge on any atom is 0.262 e. The fourth-order valence-corrected chi connectivity index (χ4v) is 6.14. The van der Waals surface area contributed by atoms with Crippen molar-refractivity contribution in [1.29, 1.82) is 5.26 Å². The van der Waals surface area contributed by atoms with E-state index < -0.39 is 36.6 Å². The monoisotopic (exact) mass is 562 g/mol. The maximum absolute atomic E-state index is 12.8. The summed E-state index contributed by atoms with van der Waals surface area (Å²) in [6.07, 6.45) is -3.10. The molecular formula is C30H34N4O5S. The molecule has 3 aromatic rings. The highest BCUT2D eigenvalue weighted by atomic mass is 32.1. The molecule has 0 aliphatic carbocycles. The first kappa shape index (κ1) is 28.2. The van der Waals surface area contributed by atoms with Crippen molar-refractivity contribution in [3.05, 3.63) is 59.0 Å². The number of nitriles is 1. The zero-order chi connectivity index (χ0) is 28.4. The highest BCUT2D eigenvalue weighted by Gasteiger charge is 2.44. The Labute approximate surface area is 237 Å². The van der Waals surface area contributed by atoms with Crippen molar-refractivity contribution in [1.82, 2.24) is 10.2 Å². The molecule has 0 saturated carbocycles. The van der Waals surface area contributed by atoms with Crippen molar-refractivity contribution in [2.45, 2.75) is 44.0 Å². The van der Waals surface area contributed by atoms with Crippen LogP contribution in [0.15, 0.2) is 54.1 Å². The molecule has 4 N–H and O–H groups in total. The fourth-order valence-electron chi connectivity index (χ4n) is 5.19. The number of ether oxygens (including phenoxy) is 1. The fraction of sp³-hybridized carbons (Fsp3) is 0.400. The summed E-state index contributed by atoms with van der Waals surface area (Å²) >= 11 is 1.45. The second kappa shape index (κ2) is 12.1. The van der Waals surface area contributed by atoms with Crippen LogP contribution in [0.4, 0.5) is 5.69 Å². The van der Waals surface area contributed by atoms with E-state index in [1.54, 1.807) is 6.92 Å². The number of aliphatic hydroxyl groups excluding tert-OH is 3. The number of anilines is 1. The zero-order valence-corrected chi connectivity index (χ0v) is 23.3. The van der Waals surface area contributed by atoms with E-state index >= 15 is 0 Å². The normalized spacial score (nSPS) is 26.1. The molecule has 9 nitrogen and oxygen atoms in total. The summed E-state index contributed by atoms with van der Waals surface area (Å²) in [6.45, 7) is 5.91. The number of fused-ring (bicyclic) bond motifs is 1. The van der Waals surface area contributed by atoms with Crippen LogP contribution in [0.5, 0.6) is 0 Å². The molecule has 0 bridgehead atoms. The summed E-state index contributed by atoms with van der Waals surface area (Å²) < 4.78 is 5.31. The first-order valence-electron chi connectivity index (χ1n) is 13.5. The maximum atomic E-state index is 12.8. The van der Waals surface area contributed by atoms with E-state index in [0.717, 1.165) is 42.0 Å². The number of nitrogens with zero attached hydrogens (tertiary/aromatic N) is 3. The number of benzene rings is 2. The molecule has 2 aliphatic heterocycles. The SMILES string of the molecule is CC[C@H]1OC(O)[C@H](NC(=O)/C(C#N)=C/c2ccc(-c3ccc4cc(N5CCN(C)CC5)ccc4c3)s2)[C@@H](O)[C@@H]1O. The topological polar surface area (TPSA) is 129 Å². The van der Waals surface area contributed by atoms with Crippen molar-refractivity contribution >= 4 is 39.8 Å². The first-order chi connectivity index (χ1) is 19.3. The van der Waals surface area contributed by atoms with Gasteiger partial charge in [-0.05, 0) is 66.2 Å². The predicted molar refractivity (Wildman–Crippen MR) is 156 cm³/mol. The van der Waals surface area contributed by atoms with Crippen molar-refractivity contribution in [3.63, 3.8) is 0 Å². The van der Waals surface area contributed by atoms with Gasteiger partial charge < -0.3 is 35.2 Å². The number of carbonyl (C=O) groups is 1. The molecule has 40 heavy (non-hydrogen) atoms. The second-order valence-electron chi connectivity index (χ2n) is 10.4. The van der Waals surface area contributed by atoms with Crippen molar-refractivity contribution in [2.75, 3.05) is 38.1 Å².